The van der Waals surface area contributed by atoms with Gasteiger partial charge >= 0.3 is 0 Å². The van der Waals surface area contributed by atoms with Gasteiger partial charge in [0.05, 0.1) is 5.75 Å². The van der Waals surface area contributed by atoms with Gasteiger partial charge in [0.15, 0.2) is 8.68 Å². The molecule has 1 saturated heterocycles. The standard InChI is InChI=1S/C12H18N4O2S3/c1-2-19-11-14-15-12(21-11)20-7-9(17)16-5-3-8(4-6-16)10(13)18/h8H,2-7H2,1H3,(H2,13,18). The highest BCUT2D eigenvalue weighted by atomic mass is 32.2. The van der Waals surface area contributed by atoms with Crippen LogP contribution >= 0.6 is 34.9 Å². The number of primary amides is 1. The minimum absolute atomic E-state index is 0.0847. The van der Waals surface area contributed by atoms with E-state index >= 15 is 0 Å². The largest absolute Gasteiger partial charge is 0.369 e. The second-order valence-corrected chi connectivity index (χ2v) is 8.32. The van der Waals surface area contributed by atoms with Crippen LogP contribution in [0.3, 0.4) is 0 Å². The van der Waals surface area contributed by atoms with Gasteiger partial charge in [-0.25, -0.2) is 0 Å². The van der Waals surface area contributed by atoms with Gasteiger partial charge in [0, 0.05) is 19.0 Å². The molecule has 116 valence electrons. The van der Waals surface area contributed by atoms with Crippen LogP contribution in [0.5, 0.6) is 0 Å². The number of thioether (sulfide) groups is 2. The van der Waals surface area contributed by atoms with Gasteiger partial charge in [0.25, 0.3) is 0 Å². The molecule has 0 bridgehead atoms. The van der Waals surface area contributed by atoms with Crippen LogP contribution in [0, 0.1) is 5.92 Å². The molecule has 6 nitrogen and oxygen atoms in total. The molecular formula is C12H18N4O2S3. The van der Waals surface area contributed by atoms with Crippen LogP contribution in [-0.4, -0.2) is 51.5 Å². The topological polar surface area (TPSA) is 89.2 Å². The molecule has 0 unspecified atom stereocenters. The van der Waals surface area contributed by atoms with Gasteiger partial charge < -0.3 is 10.6 Å². The summed E-state index contributed by atoms with van der Waals surface area (Å²) in [6.07, 6.45) is 1.34. The molecule has 2 heterocycles. The summed E-state index contributed by atoms with van der Waals surface area (Å²) in [7, 11) is 0. The molecule has 1 aliphatic rings. The number of nitrogens with zero attached hydrogens (tertiary/aromatic N) is 3. The Morgan fingerprint density at radius 1 is 1.29 bits per heavy atom. The van der Waals surface area contributed by atoms with Gasteiger partial charge in [-0.15, -0.1) is 10.2 Å². The van der Waals surface area contributed by atoms with Crippen molar-refractivity contribution in [3.05, 3.63) is 0 Å². The van der Waals surface area contributed by atoms with E-state index in [1.54, 1.807) is 16.7 Å². The minimum Gasteiger partial charge on any atom is -0.369 e. The molecule has 0 atom stereocenters. The maximum Gasteiger partial charge on any atom is 0.233 e. The Hall–Kier alpha value is -0.800. The lowest BCUT2D eigenvalue weighted by Gasteiger charge is -2.30. The van der Waals surface area contributed by atoms with Crippen molar-refractivity contribution in [2.45, 2.75) is 28.4 Å². The predicted octanol–water partition coefficient (Wildman–Crippen LogP) is 1.47. The highest BCUT2D eigenvalue weighted by Gasteiger charge is 2.25. The Morgan fingerprint density at radius 3 is 2.48 bits per heavy atom. The van der Waals surface area contributed by atoms with E-state index < -0.39 is 0 Å². The van der Waals surface area contributed by atoms with Gasteiger partial charge in [-0.1, -0.05) is 41.8 Å². The van der Waals surface area contributed by atoms with Crippen LogP contribution in [-0.2, 0) is 9.59 Å². The van der Waals surface area contributed by atoms with Crippen LogP contribution in [0.15, 0.2) is 8.68 Å². The second-order valence-electron chi connectivity index (χ2n) is 4.61. The Balaban J connectivity index is 1.75. The van der Waals surface area contributed by atoms with Crippen LogP contribution in [0.2, 0.25) is 0 Å². The minimum atomic E-state index is -0.258. The highest BCUT2D eigenvalue weighted by Crippen LogP contribution is 2.29. The van der Waals surface area contributed by atoms with Crippen molar-refractivity contribution in [3.8, 4) is 0 Å². The first-order valence-electron chi connectivity index (χ1n) is 6.76. The van der Waals surface area contributed by atoms with Crippen LogP contribution in [0.4, 0.5) is 0 Å². The number of hydrogen-bond donors (Lipinski definition) is 1. The fourth-order valence-corrected chi connectivity index (χ4v) is 4.89. The quantitative estimate of drug-likeness (QED) is 0.785. The van der Waals surface area contributed by atoms with Crippen molar-refractivity contribution >= 4 is 46.7 Å². The summed E-state index contributed by atoms with van der Waals surface area (Å²) in [4.78, 5) is 25.0. The number of nitrogens with two attached hydrogens (primary N) is 1. The van der Waals surface area contributed by atoms with Crippen molar-refractivity contribution in [2.75, 3.05) is 24.6 Å². The predicted molar refractivity (Wildman–Crippen MR) is 85.5 cm³/mol. The normalized spacial score (nSPS) is 16.1. The molecule has 0 aliphatic carbocycles. The van der Waals surface area contributed by atoms with Gasteiger partial charge in [-0.05, 0) is 18.6 Å². The lowest BCUT2D eigenvalue weighted by Crippen LogP contribution is -2.42. The Kier molecular flexibility index (Phi) is 6.31. The second kappa shape index (κ2) is 8.00. The molecular weight excluding hydrogens is 328 g/mol. The van der Waals surface area contributed by atoms with E-state index in [9.17, 15) is 9.59 Å². The number of amides is 2. The maximum atomic E-state index is 12.1. The number of rotatable bonds is 6. The third-order valence-electron chi connectivity index (χ3n) is 3.22. The first kappa shape index (κ1) is 16.6. The molecule has 2 amide bonds. The summed E-state index contributed by atoms with van der Waals surface area (Å²) >= 11 is 4.60. The lowest BCUT2D eigenvalue weighted by atomic mass is 9.96. The van der Waals surface area contributed by atoms with E-state index in [-0.39, 0.29) is 17.7 Å². The molecule has 1 fully saturated rings. The van der Waals surface area contributed by atoms with Crippen LogP contribution in [0.1, 0.15) is 19.8 Å². The summed E-state index contributed by atoms with van der Waals surface area (Å²) in [6, 6.07) is 0. The highest BCUT2D eigenvalue weighted by molar-refractivity contribution is 8.03. The van der Waals surface area contributed by atoms with Crippen molar-refractivity contribution < 1.29 is 9.59 Å². The first-order chi connectivity index (χ1) is 10.1. The first-order valence-corrected chi connectivity index (χ1v) is 9.55. The number of piperidine rings is 1. The maximum absolute atomic E-state index is 12.1. The van der Waals surface area contributed by atoms with Gasteiger partial charge in [-0.3, -0.25) is 9.59 Å². The van der Waals surface area contributed by atoms with E-state index in [1.807, 2.05) is 0 Å². The molecule has 2 N–H and O–H groups in total. The average Bonchev–Trinajstić information content (AvgIpc) is 2.93. The Bertz CT molecular complexity index is 500. The molecule has 0 radical (unpaired) electrons. The van der Waals surface area contributed by atoms with Gasteiger partial charge in [0.1, 0.15) is 0 Å². The van der Waals surface area contributed by atoms with Crippen LogP contribution < -0.4 is 5.73 Å². The van der Waals surface area contributed by atoms with Crippen molar-refractivity contribution in [1.29, 1.82) is 0 Å². The van der Waals surface area contributed by atoms with Crippen molar-refractivity contribution in [3.63, 3.8) is 0 Å². The Labute approximate surface area is 136 Å². The number of carbonyl (C=O) groups is 2. The SMILES string of the molecule is CCSc1nnc(SCC(=O)N2CCC(C(N)=O)CC2)s1. The molecule has 9 heteroatoms. The van der Waals surface area contributed by atoms with Crippen molar-refractivity contribution in [1.82, 2.24) is 15.1 Å². The van der Waals surface area contributed by atoms with E-state index in [1.165, 1.54) is 23.1 Å². The van der Waals surface area contributed by atoms with E-state index in [4.69, 9.17) is 5.73 Å². The number of carbonyl (C=O) groups excluding carboxylic acids is 2. The average molecular weight is 347 g/mol. The third-order valence-corrected chi connectivity index (χ3v) is 6.28. The number of hydrogen-bond acceptors (Lipinski definition) is 7. The number of likely N-dealkylation sites (tertiary alicyclic amines) is 1. The molecule has 1 aromatic heterocycles. The smallest absolute Gasteiger partial charge is 0.233 e. The lowest BCUT2D eigenvalue weighted by molar-refractivity contribution is -0.132. The molecule has 0 saturated carbocycles. The summed E-state index contributed by atoms with van der Waals surface area (Å²) < 4.78 is 1.76. The fraction of sp³-hybridized carbons (Fsp3) is 0.667. The fourth-order valence-electron chi connectivity index (χ4n) is 2.07. The molecule has 0 spiro atoms. The van der Waals surface area contributed by atoms with E-state index in [0.717, 1.165) is 14.4 Å². The number of aromatic nitrogens is 2. The zero-order valence-electron chi connectivity index (χ0n) is 11.8. The van der Waals surface area contributed by atoms with Gasteiger partial charge in [-0.2, -0.15) is 0 Å². The molecule has 0 aromatic carbocycles. The zero-order chi connectivity index (χ0) is 15.2. The van der Waals surface area contributed by atoms with Crippen molar-refractivity contribution in [2.24, 2.45) is 11.7 Å². The molecule has 1 aliphatic heterocycles. The molecule has 21 heavy (non-hydrogen) atoms. The summed E-state index contributed by atoms with van der Waals surface area (Å²) in [5.41, 5.74) is 5.29. The van der Waals surface area contributed by atoms with E-state index in [2.05, 4.69) is 17.1 Å². The summed E-state index contributed by atoms with van der Waals surface area (Å²) in [5.74, 6) is 1.08. The Morgan fingerprint density at radius 2 is 1.90 bits per heavy atom. The summed E-state index contributed by atoms with van der Waals surface area (Å²) in [5, 5.41) is 8.13. The third kappa shape index (κ3) is 4.86. The monoisotopic (exact) mass is 346 g/mol. The van der Waals surface area contributed by atoms with Gasteiger partial charge in [0.2, 0.25) is 11.8 Å². The summed E-state index contributed by atoms with van der Waals surface area (Å²) in [6.45, 7) is 3.29. The zero-order valence-corrected chi connectivity index (χ0v) is 14.2. The van der Waals surface area contributed by atoms with Crippen LogP contribution in [0.25, 0.3) is 0 Å². The van der Waals surface area contributed by atoms with E-state index in [0.29, 0.717) is 31.7 Å². The molecule has 2 rings (SSSR count). The molecule has 1 aromatic rings.